The van der Waals surface area contributed by atoms with Crippen molar-refractivity contribution in [3.8, 4) is 0 Å². The van der Waals surface area contributed by atoms with Gasteiger partial charge in [0.15, 0.2) is 14.0 Å². The first-order valence-electron chi connectivity index (χ1n) is 2.95. The Morgan fingerprint density at radius 3 is 2.15 bits per heavy atom. The maximum Gasteiger partial charge on any atom is 0.272 e. The van der Waals surface area contributed by atoms with Gasteiger partial charge in [0.2, 0.25) is 0 Å². The van der Waals surface area contributed by atoms with Crippen LogP contribution in [0.25, 0.3) is 0 Å². The van der Waals surface area contributed by atoms with Crippen LogP contribution in [0, 0.1) is 0 Å². The molecule has 0 aromatic carbocycles. The maximum absolute atomic E-state index is 11.0. The first kappa shape index (κ1) is 11.0. The second kappa shape index (κ2) is 3.23. The van der Waals surface area contributed by atoms with Crippen LogP contribution in [0.3, 0.4) is 0 Å². The van der Waals surface area contributed by atoms with Crippen molar-refractivity contribution in [1.29, 1.82) is 0 Å². The summed E-state index contributed by atoms with van der Waals surface area (Å²) in [4.78, 5) is -0.243. The summed E-state index contributed by atoms with van der Waals surface area (Å²) < 4.78 is 43.5. The minimum absolute atomic E-state index is 0.243. The Morgan fingerprint density at radius 1 is 1.31 bits per heavy atom. The van der Waals surface area contributed by atoms with E-state index in [-0.39, 0.29) is 9.10 Å². The summed E-state index contributed by atoms with van der Waals surface area (Å²) in [6.07, 6.45) is 0.931. The Labute approximate surface area is 84.5 Å². The molecule has 0 amide bonds. The van der Waals surface area contributed by atoms with Gasteiger partial charge in [0.05, 0.1) is 4.90 Å². The highest BCUT2D eigenvalue weighted by Crippen LogP contribution is 2.29. The minimum atomic E-state index is -3.96. The minimum Gasteiger partial charge on any atom is -0.224 e. The number of sulfone groups is 1. The molecular weight excluding hydrogens is 256 g/mol. The molecular formula is C5H5ClO4S3. The van der Waals surface area contributed by atoms with Crippen LogP contribution < -0.4 is 0 Å². The summed E-state index contributed by atoms with van der Waals surface area (Å²) in [5.74, 6) is 0. The van der Waals surface area contributed by atoms with Crippen molar-refractivity contribution >= 4 is 40.9 Å². The number of rotatable bonds is 2. The van der Waals surface area contributed by atoms with Gasteiger partial charge in [0.25, 0.3) is 9.05 Å². The molecule has 1 aromatic rings. The van der Waals surface area contributed by atoms with Crippen molar-refractivity contribution in [3.05, 3.63) is 11.4 Å². The summed E-state index contributed by atoms with van der Waals surface area (Å²) in [5, 5.41) is 1.37. The van der Waals surface area contributed by atoms with Gasteiger partial charge < -0.3 is 0 Å². The van der Waals surface area contributed by atoms with Crippen molar-refractivity contribution in [2.45, 2.75) is 9.10 Å². The normalized spacial score (nSPS) is 13.1. The summed E-state index contributed by atoms with van der Waals surface area (Å²) in [6.45, 7) is 0. The van der Waals surface area contributed by atoms with Gasteiger partial charge in [-0.05, 0) is 11.4 Å². The van der Waals surface area contributed by atoms with E-state index in [2.05, 4.69) is 0 Å². The zero-order valence-corrected chi connectivity index (χ0v) is 9.60. The van der Waals surface area contributed by atoms with Crippen molar-refractivity contribution < 1.29 is 16.8 Å². The summed E-state index contributed by atoms with van der Waals surface area (Å²) >= 11 is 0.784. The predicted octanol–water partition coefficient (Wildman–Crippen LogP) is 1.08. The lowest BCUT2D eigenvalue weighted by Crippen LogP contribution is -2.00. The van der Waals surface area contributed by atoms with E-state index in [1.807, 2.05) is 0 Å². The van der Waals surface area contributed by atoms with E-state index < -0.39 is 18.9 Å². The fourth-order valence-electron chi connectivity index (χ4n) is 0.736. The molecule has 1 rings (SSSR count). The molecule has 0 aliphatic carbocycles. The van der Waals surface area contributed by atoms with Gasteiger partial charge in [0, 0.05) is 16.9 Å². The Bertz CT molecular complexity index is 463. The molecule has 0 radical (unpaired) electrons. The lowest BCUT2D eigenvalue weighted by Gasteiger charge is -1.95. The largest absolute Gasteiger partial charge is 0.272 e. The van der Waals surface area contributed by atoms with Gasteiger partial charge in [0.1, 0.15) is 0 Å². The van der Waals surface area contributed by atoms with Crippen molar-refractivity contribution in [2.75, 3.05) is 6.26 Å². The molecule has 0 atom stereocenters. The standard InChI is InChI=1S/C5H5ClO4S3/c1-12(7,8)4-2-3-11-5(4)13(6,9)10/h2-3H,1H3. The Hall–Kier alpha value is -0.110. The molecule has 0 saturated heterocycles. The van der Waals surface area contributed by atoms with E-state index in [9.17, 15) is 16.8 Å². The highest BCUT2D eigenvalue weighted by Gasteiger charge is 2.23. The van der Waals surface area contributed by atoms with Gasteiger partial charge in [-0.25, -0.2) is 16.8 Å². The van der Waals surface area contributed by atoms with Gasteiger partial charge in [-0.15, -0.1) is 11.3 Å². The third-order valence-electron chi connectivity index (χ3n) is 1.22. The average Bonchev–Trinajstić information content (AvgIpc) is 2.27. The van der Waals surface area contributed by atoms with E-state index in [0.29, 0.717) is 0 Å². The van der Waals surface area contributed by atoms with E-state index in [1.165, 1.54) is 11.4 Å². The van der Waals surface area contributed by atoms with E-state index in [1.54, 1.807) is 0 Å². The van der Waals surface area contributed by atoms with Crippen LogP contribution in [0.4, 0.5) is 0 Å². The molecule has 0 aliphatic rings. The number of hydrogen-bond acceptors (Lipinski definition) is 5. The van der Waals surface area contributed by atoms with Crippen molar-refractivity contribution in [2.24, 2.45) is 0 Å². The third kappa shape index (κ3) is 2.43. The fourth-order valence-corrected chi connectivity index (χ4v) is 4.98. The highest BCUT2D eigenvalue weighted by atomic mass is 35.7. The monoisotopic (exact) mass is 260 g/mol. The van der Waals surface area contributed by atoms with Crippen LogP contribution in [-0.4, -0.2) is 23.1 Å². The molecule has 74 valence electrons. The van der Waals surface area contributed by atoms with Gasteiger partial charge in [-0.2, -0.15) is 0 Å². The van der Waals surface area contributed by atoms with Gasteiger partial charge in [-0.1, -0.05) is 0 Å². The summed E-state index contributed by atoms with van der Waals surface area (Å²) in [6, 6.07) is 1.22. The number of halogens is 1. The lowest BCUT2D eigenvalue weighted by atomic mass is 10.7. The molecule has 0 aliphatic heterocycles. The highest BCUT2D eigenvalue weighted by molar-refractivity contribution is 8.15. The molecule has 1 aromatic heterocycles. The van der Waals surface area contributed by atoms with Crippen LogP contribution in [0.15, 0.2) is 20.6 Å². The van der Waals surface area contributed by atoms with E-state index in [0.717, 1.165) is 17.6 Å². The Balaban J connectivity index is 3.54. The molecule has 0 fully saturated rings. The van der Waals surface area contributed by atoms with Crippen molar-refractivity contribution in [3.63, 3.8) is 0 Å². The van der Waals surface area contributed by atoms with Crippen LogP contribution in [-0.2, 0) is 18.9 Å². The average molecular weight is 261 g/mol. The lowest BCUT2D eigenvalue weighted by molar-refractivity contribution is 0.595. The van der Waals surface area contributed by atoms with Crippen LogP contribution in [0.2, 0.25) is 0 Å². The number of thiophene rings is 1. The molecule has 0 N–H and O–H groups in total. The molecule has 1 heterocycles. The molecule has 4 nitrogen and oxygen atoms in total. The molecule has 13 heavy (non-hydrogen) atoms. The SMILES string of the molecule is CS(=O)(=O)c1ccsc1S(=O)(=O)Cl. The van der Waals surface area contributed by atoms with Crippen LogP contribution in [0.5, 0.6) is 0 Å². The van der Waals surface area contributed by atoms with E-state index in [4.69, 9.17) is 10.7 Å². The first-order valence-corrected chi connectivity index (χ1v) is 8.03. The second-order valence-corrected chi connectivity index (χ2v) is 7.94. The molecule has 8 heteroatoms. The van der Waals surface area contributed by atoms with E-state index >= 15 is 0 Å². The Kier molecular flexibility index (Phi) is 2.73. The van der Waals surface area contributed by atoms with Crippen LogP contribution >= 0.6 is 22.0 Å². The smallest absolute Gasteiger partial charge is 0.224 e. The molecule has 0 bridgehead atoms. The zero-order chi connectivity index (χ0) is 10.3. The zero-order valence-electron chi connectivity index (χ0n) is 6.39. The molecule has 0 unspecified atom stereocenters. The summed E-state index contributed by atoms with van der Waals surface area (Å²) in [5.41, 5.74) is 0. The predicted molar refractivity (Wildman–Crippen MR) is 50.5 cm³/mol. The molecule has 0 spiro atoms. The van der Waals surface area contributed by atoms with Crippen LogP contribution in [0.1, 0.15) is 0 Å². The van der Waals surface area contributed by atoms with Gasteiger partial charge in [-0.3, -0.25) is 0 Å². The Morgan fingerprint density at radius 2 is 1.85 bits per heavy atom. The van der Waals surface area contributed by atoms with Gasteiger partial charge >= 0.3 is 0 Å². The fraction of sp³-hybridized carbons (Fsp3) is 0.200. The molecule has 0 saturated carbocycles. The first-order chi connectivity index (χ1) is 5.73. The third-order valence-corrected chi connectivity index (χ3v) is 5.67. The summed E-state index contributed by atoms with van der Waals surface area (Å²) in [7, 11) is -2.46. The number of hydrogen-bond donors (Lipinski definition) is 0. The van der Waals surface area contributed by atoms with Crippen molar-refractivity contribution in [1.82, 2.24) is 0 Å². The maximum atomic E-state index is 11.0. The quantitative estimate of drug-likeness (QED) is 0.746. The topological polar surface area (TPSA) is 68.3 Å². The second-order valence-electron chi connectivity index (χ2n) is 2.28.